The van der Waals surface area contributed by atoms with Gasteiger partial charge < -0.3 is 14.7 Å². The summed E-state index contributed by atoms with van der Waals surface area (Å²) in [6, 6.07) is 23.6. The van der Waals surface area contributed by atoms with E-state index in [1.165, 1.54) is 4.90 Å². The third kappa shape index (κ3) is 6.18. The van der Waals surface area contributed by atoms with Gasteiger partial charge in [-0.1, -0.05) is 36.4 Å². The van der Waals surface area contributed by atoms with E-state index in [0.717, 1.165) is 10.5 Å². The first kappa shape index (κ1) is 22.1. The van der Waals surface area contributed by atoms with Gasteiger partial charge in [-0.2, -0.15) is 13.2 Å². The maximum absolute atomic E-state index is 13.0. The van der Waals surface area contributed by atoms with Crippen LogP contribution in [0.4, 0.5) is 18.9 Å². The van der Waals surface area contributed by atoms with Gasteiger partial charge in [-0.3, -0.25) is 0 Å². The number of anilines is 1. The lowest BCUT2D eigenvalue weighted by molar-refractivity contribution is -0.200. The van der Waals surface area contributed by atoms with Crippen LogP contribution in [-0.4, -0.2) is 30.2 Å². The zero-order valence-corrected chi connectivity index (χ0v) is 17.2. The smallest absolute Gasteiger partial charge is 0.416 e. The number of nitrogens with zero attached hydrogens (tertiary/aromatic N) is 1. The number of hydrogen-bond donors (Lipinski definition) is 1. The van der Waals surface area contributed by atoms with Crippen LogP contribution in [-0.2, 0) is 6.54 Å². The number of aliphatic hydroxyl groups excluding tert-OH is 1. The van der Waals surface area contributed by atoms with Crippen molar-refractivity contribution in [3.8, 4) is 11.5 Å². The van der Waals surface area contributed by atoms with E-state index in [1.54, 1.807) is 48.2 Å². The lowest BCUT2D eigenvalue weighted by atomic mass is 10.1. The average Bonchev–Trinajstić information content (AvgIpc) is 2.73. The number of rotatable bonds is 8. The van der Waals surface area contributed by atoms with Gasteiger partial charge in [0.05, 0.1) is 6.54 Å². The molecule has 158 valence electrons. The van der Waals surface area contributed by atoms with E-state index in [0.29, 0.717) is 17.2 Å². The van der Waals surface area contributed by atoms with Crippen LogP contribution in [0.5, 0.6) is 11.5 Å². The molecule has 1 atom stereocenters. The van der Waals surface area contributed by atoms with Crippen LogP contribution in [0.15, 0.2) is 83.8 Å². The second-order valence-electron chi connectivity index (χ2n) is 6.70. The Morgan fingerprint density at radius 2 is 1.63 bits per heavy atom. The first-order chi connectivity index (χ1) is 14.3. The van der Waals surface area contributed by atoms with E-state index >= 15 is 0 Å². The van der Waals surface area contributed by atoms with Crippen molar-refractivity contribution in [2.75, 3.05) is 17.7 Å². The van der Waals surface area contributed by atoms with E-state index in [2.05, 4.69) is 0 Å². The molecule has 30 heavy (non-hydrogen) atoms. The molecule has 0 saturated carbocycles. The van der Waals surface area contributed by atoms with Crippen LogP contribution in [0.25, 0.3) is 0 Å². The van der Waals surface area contributed by atoms with Crippen molar-refractivity contribution < 1.29 is 23.0 Å². The Morgan fingerprint density at radius 3 is 2.33 bits per heavy atom. The third-order valence-electron chi connectivity index (χ3n) is 4.44. The van der Waals surface area contributed by atoms with Crippen LogP contribution in [0.2, 0.25) is 0 Å². The number of halogens is 3. The molecule has 1 N–H and O–H groups in total. The summed E-state index contributed by atoms with van der Waals surface area (Å²) in [7, 11) is 0. The Hall–Kier alpha value is -2.64. The van der Waals surface area contributed by atoms with E-state index < -0.39 is 18.8 Å². The predicted molar refractivity (Wildman–Crippen MR) is 114 cm³/mol. The molecule has 0 radical (unpaired) electrons. The summed E-state index contributed by atoms with van der Waals surface area (Å²) in [4.78, 5) is 2.53. The van der Waals surface area contributed by atoms with Gasteiger partial charge in [0.2, 0.25) is 0 Å². The quantitative estimate of drug-likeness (QED) is 0.433. The maximum Gasteiger partial charge on any atom is 0.416 e. The fourth-order valence-corrected chi connectivity index (χ4v) is 3.42. The summed E-state index contributed by atoms with van der Waals surface area (Å²) in [5.74, 6) is 1.13. The second kappa shape index (κ2) is 9.91. The summed E-state index contributed by atoms with van der Waals surface area (Å²) in [5.41, 5.74) is 1.38. The normalized spacial score (nSPS) is 12.4. The van der Waals surface area contributed by atoms with Crippen molar-refractivity contribution in [1.29, 1.82) is 0 Å². The van der Waals surface area contributed by atoms with Gasteiger partial charge in [0.25, 0.3) is 0 Å². The minimum Gasteiger partial charge on any atom is -0.457 e. The first-order valence-corrected chi connectivity index (χ1v) is 10.5. The van der Waals surface area contributed by atoms with Crippen LogP contribution in [0.1, 0.15) is 5.56 Å². The molecule has 0 amide bonds. The van der Waals surface area contributed by atoms with Crippen molar-refractivity contribution in [1.82, 2.24) is 0 Å². The molecule has 0 aliphatic heterocycles. The minimum atomic E-state index is -4.70. The highest BCUT2D eigenvalue weighted by Gasteiger charge is 2.39. The molecule has 0 bridgehead atoms. The van der Waals surface area contributed by atoms with Gasteiger partial charge in [-0.05, 0) is 48.2 Å². The summed E-state index contributed by atoms with van der Waals surface area (Å²) >= 11 is 1.56. The number of aliphatic hydroxyl groups is 1. The first-order valence-electron chi connectivity index (χ1n) is 9.31. The van der Waals surface area contributed by atoms with E-state index in [1.807, 2.05) is 48.7 Å². The highest BCUT2D eigenvalue weighted by molar-refractivity contribution is 7.98. The molecule has 0 fully saturated rings. The van der Waals surface area contributed by atoms with Gasteiger partial charge in [0.15, 0.2) is 6.10 Å². The number of benzene rings is 3. The molecule has 0 saturated heterocycles. The SMILES string of the molecule is CSc1cccc(CN(CC(O)C(F)(F)F)c2cccc(Oc3ccccc3)c2)c1. The van der Waals surface area contributed by atoms with Crippen molar-refractivity contribution in [2.24, 2.45) is 0 Å². The second-order valence-corrected chi connectivity index (χ2v) is 7.58. The summed E-state index contributed by atoms with van der Waals surface area (Å²) in [5, 5.41) is 9.70. The largest absolute Gasteiger partial charge is 0.457 e. The van der Waals surface area contributed by atoms with Crippen LogP contribution in [0.3, 0.4) is 0 Å². The standard InChI is InChI=1S/C23H22F3NO2S/c1-30-21-12-5-7-17(13-21)15-27(16-22(28)23(24,25)26)18-8-6-11-20(14-18)29-19-9-3-2-4-10-19/h2-14,22,28H,15-16H2,1H3. The van der Waals surface area contributed by atoms with Crippen LogP contribution in [0, 0.1) is 0 Å². The number of ether oxygens (including phenoxy) is 1. The zero-order valence-electron chi connectivity index (χ0n) is 16.3. The minimum absolute atomic E-state index is 0.219. The molecule has 3 nitrogen and oxygen atoms in total. The molecule has 0 spiro atoms. The topological polar surface area (TPSA) is 32.7 Å². The maximum atomic E-state index is 13.0. The number of hydrogen-bond acceptors (Lipinski definition) is 4. The molecule has 0 aromatic heterocycles. The van der Waals surface area contributed by atoms with E-state index in [-0.39, 0.29) is 6.54 Å². The highest BCUT2D eigenvalue weighted by atomic mass is 32.2. The number of para-hydroxylation sites is 1. The van der Waals surface area contributed by atoms with Crippen molar-refractivity contribution in [3.05, 3.63) is 84.4 Å². The Kier molecular flexibility index (Phi) is 7.29. The lowest BCUT2D eigenvalue weighted by Crippen LogP contribution is -2.40. The van der Waals surface area contributed by atoms with Crippen LogP contribution < -0.4 is 9.64 Å². The van der Waals surface area contributed by atoms with Crippen molar-refractivity contribution >= 4 is 17.4 Å². The van der Waals surface area contributed by atoms with Gasteiger partial charge in [0, 0.05) is 23.2 Å². The summed E-state index contributed by atoms with van der Waals surface area (Å²) in [6.07, 6.45) is -5.22. The molecule has 3 aromatic carbocycles. The predicted octanol–water partition coefficient (Wildman–Crippen LogP) is 6.13. The lowest BCUT2D eigenvalue weighted by Gasteiger charge is -2.29. The highest BCUT2D eigenvalue weighted by Crippen LogP contribution is 2.29. The molecular weight excluding hydrogens is 411 g/mol. The van der Waals surface area contributed by atoms with Gasteiger partial charge in [-0.25, -0.2) is 0 Å². The summed E-state index contributed by atoms with van der Waals surface area (Å²) < 4.78 is 44.9. The Balaban J connectivity index is 1.87. The van der Waals surface area contributed by atoms with Gasteiger partial charge >= 0.3 is 6.18 Å². The molecule has 0 aliphatic rings. The average molecular weight is 433 g/mol. The van der Waals surface area contributed by atoms with E-state index in [4.69, 9.17) is 4.74 Å². The third-order valence-corrected chi connectivity index (χ3v) is 5.17. The number of alkyl halides is 3. The summed E-state index contributed by atoms with van der Waals surface area (Å²) in [6.45, 7) is -0.363. The fourth-order valence-electron chi connectivity index (χ4n) is 2.93. The Labute approximate surface area is 178 Å². The monoisotopic (exact) mass is 433 g/mol. The zero-order chi connectivity index (χ0) is 21.6. The molecule has 0 heterocycles. The molecule has 1 unspecified atom stereocenters. The van der Waals surface area contributed by atoms with E-state index in [9.17, 15) is 18.3 Å². The van der Waals surface area contributed by atoms with Gasteiger partial charge in [-0.15, -0.1) is 11.8 Å². The molecule has 3 aromatic rings. The van der Waals surface area contributed by atoms with Crippen molar-refractivity contribution in [2.45, 2.75) is 23.7 Å². The fraction of sp³-hybridized carbons (Fsp3) is 0.217. The number of thioether (sulfide) groups is 1. The van der Waals surface area contributed by atoms with Crippen LogP contribution >= 0.6 is 11.8 Å². The molecule has 7 heteroatoms. The Morgan fingerprint density at radius 1 is 0.933 bits per heavy atom. The molecular formula is C23H22F3NO2S. The van der Waals surface area contributed by atoms with Gasteiger partial charge in [0.1, 0.15) is 11.5 Å². The molecule has 3 rings (SSSR count). The van der Waals surface area contributed by atoms with Crippen molar-refractivity contribution in [3.63, 3.8) is 0 Å². The Bertz CT molecular complexity index is 950. The molecule has 0 aliphatic carbocycles.